The molecular formula is C13H19ClN2O2S. The number of thiazole rings is 1. The number of hydrogen-bond donors (Lipinski definition) is 1. The van der Waals surface area contributed by atoms with Crippen LogP contribution in [0.2, 0.25) is 5.15 Å². The summed E-state index contributed by atoms with van der Waals surface area (Å²) in [7, 11) is 1.35. The minimum atomic E-state index is -0.426. The molecule has 1 N–H and O–H groups in total. The molecule has 1 saturated carbocycles. The number of methoxy groups -OCH3 is 1. The summed E-state index contributed by atoms with van der Waals surface area (Å²) in [5.41, 5.74) is 0. The molecule has 1 heterocycles. The zero-order chi connectivity index (χ0) is 13.8. The maximum atomic E-state index is 11.5. The Kier molecular flexibility index (Phi) is 5.05. The van der Waals surface area contributed by atoms with Gasteiger partial charge in [0.2, 0.25) is 0 Å². The molecule has 0 spiro atoms. The normalized spacial score (nSPS) is 23.7. The van der Waals surface area contributed by atoms with E-state index in [9.17, 15) is 4.79 Å². The average molecular weight is 303 g/mol. The van der Waals surface area contributed by atoms with Gasteiger partial charge in [0.25, 0.3) is 0 Å². The Labute approximate surface area is 122 Å². The number of aromatic nitrogens is 1. The summed E-state index contributed by atoms with van der Waals surface area (Å²) in [6.07, 6.45) is 6.22. The molecule has 19 heavy (non-hydrogen) atoms. The lowest BCUT2D eigenvalue weighted by atomic mass is 9.97. The van der Waals surface area contributed by atoms with Crippen LogP contribution in [0.1, 0.15) is 48.7 Å². The molecule has 4 nitrogen and oxygen atoms in total. The Morgan fingerprint density at radius 1 is 1.42 bits per heavy atom. The van der Waals surface area contributed by atoms with Crippen LogP contribution >= 0.6 is 22.9 Å². The summed E-state index contributed by atoms with van der Waals surface area (Å²) in [5, 5.41) is 4.36. The Hall–Kier alpha value is -0.810. The van der Waals surface area contributed by atoms with E-state index in [0.29, 0.717) is 22.0 Å². The van der Waals surface area contributed by atoms with E-state index in [-0.39, 0.29) is 5.15 Å². The molecule has 1 aromatic rings. The summed E-state index contributed by atoms with van der Waals surface area (Å²) in [6, 6.07) is 0.412. The summed E-state index contributed by atoms with van der Waals surface area (Å²) < 4.78 is 4.68. The van der Waals surface area contributed by atoms with Crippen LogP contribution in [-0.4, -0.2) is 24.1 Å². The smallest absolute Gasteiger partial charge is 0.351 e. The molecule has 0 aliphatic heterocycles. The summed E-state index contributed by atoms with van der Waals surface area (Å²) >= 11 is 7.23. The van der Waals surface area contributed by atoms with Crippen LogP contribution in [0.4, 0.5) is 5.13 Å². The van der Waals surface area contributed by atoms with E-state index in [4.69, 9.17) is 11.6 Å². The van der Waals surface area contributed by atoms with Crippen molar-refractivity contribution in [2.75, 3.05) is 12.4 Å². The molecule has 0 bridgehead atoms. The zero-order valence-corrected chi connectivity index (χ0v) is 12.8. The second-order valence-corrected chi connectivity index (χ2v) is 6.35. The molecule has 2 unspecified atom stereocenters. The molecule has 1 aromatic heterocycles. The largest absolute Gasteiger partial charge is 0.465 e. The lowest BCUT2D eigenvalue weighted by molar-refractivity contribution is 0.0606. The average Bonchev–Trinajstić information content (AvgIpc) is 2.64. The minimum absolute atomic E-state index is 0.223. The maximum absolute atomic E-state index is 11.5. The van der Waals surface area contributed by atoms with Crippen molar-refractivity contribution < 1.29 is 9.53 Å². The van der Waals surface area contributed by atoms with Crippen molar-refractivity contribution in [1.29, 1.82) is 0 Å². The van der Waals surface area contributed by atoms with E-state index >= 15 is 0 Å². The summed E-state index contributed by atoms with van der Waals surface area (Å²) in [5.74, 6) is 0.191. The van der Waals surface area contributed by atoms with E-state index in [1.807, 2.05) is 0 Å². The predicted octanol–water partition coefficient (Wildman–Crippen LogP) is 3.96. The van der Waals surface area contributed by atoms with Gasteiger partial charge in [0.05, 0.1) is 7.11 Å². The standard InChI is InChI=1S/C13H19ClN2O2S/c1-8-6-4-3-5-7-9(8)15-13-16-11(14)10(19-13)12(17)18-2/h8-9H,3-7H2,1-2H3,(H,15,16). The molecule has 2 rings (SSSR count). The van der Waals surface area contributed by atoms with E-state index in [2.05, 4.69) is 22.0 Å². The molecule has 1 aliphatic rings. The number of carbonyl (C=O) groups excluding carboxylic acids is 1. The fourth-order valence-electron chi connectivity index (χ4n) is 2.45. The van der Waals surface area contributed by atoms with Crippen molar-refractivity contribution in [3.63, 3.8) is 0 Å². The number of carbonyl (C=O) groups is 1. The van der Waals surface area contributed by atoms with Crippen LogP contribution in [-0.2, 0) is 4.74 Å². The van der Waals surface area contributed by atoms with Crippen molar-refractivity contribution in [3.8, 4) is 0 Å². The highest BCUT2D eigenvalue weighted by molar-refractivity contribution is 7.18. The van der Waals surface area contributed by atoms with Gasteiger partial charge in [-0.1, -0.05) is 49.1 Å². The van der Waals surface area contributed by atoms with Crippen molar-refractivity contribution in [2.45, 2.75) is 45.1 Å². The number of anilines is 1. The monoisotopic (exact) mass is 302 g/mol. The van der Waals surface area contributed by atoms with Crippen molar-refractivity contribution in [1.82, 2.24) is 4.98 Å². The topological polar surface area (TPSA) is 51.2 Å². The van der Waals surface area contributed by atoms with Gasteiger partial charge < -0.3 is 10.1 Å². The van der Waals surface area contributed by atoms with Crippen molar-refractivity contribution >= 4 is 34.0 Å². The Balaban J connectivity index is 2.08. The molecule has 0 radical (unpaired) electrons. The van der Waals surface area contributed by atoms with Crippen LogP contribution in [0.5, 0.6) is 0 Å². The van der Waals surface area contributed by atoms with Crippen LogP contribution in [0.15, 0.2) is 0 Å². The highest BCUT2D eigenvalue weighted by atomic mass is 35.5. The molecule has 0 saturated heterocycles. The van der Waals surface area contributed by atoms with E-state index < -0.39 is 5.97 Å². The van der Waals surface area contributed by atoms with Gasteiger partial charge in [0, 0.05) is 6.04 Å². The number of nitrogens with zero attached hydrogens (tertiary/aromatic N) is 1. The Morgan fingerprint density at radius 3 is 2.89 bits per heavy atom. The maximum Gasteiger partial charge on any atom is 0.351 e. The van der Waals surface area contributed by atoms with Gasteiger partial charge >= 0.3 is 5.97 Å². The van der Waals surface area contributed by atoms with Gasteiger partial charge in [-0.15, -0.1) is 0 Å². The molecule has 0 aromatic carbocycles. The van der Waals surface area contributed by atoms with Crippen LogP contribution < -0.4 is 5.32 Å². The Bertz CT molecular complexity index is 450. The SMILES string of the molecule is COC(=O)c1sc(NC2CCCCCC2C)nc1Cl. The second kappa shape index (κ2) is 6.57. The van der Waals surface area contributed by atoms with E-state index in [0.717, 1.165) is 6.42 Å². The summed E-state index contributed by atoms with van der Waals surface area (Å²) in [6.45, 7) is 2.26. The van der Waals surface area contributed by atoms with Crippen molar-refractivity contribution in [3.05, 3.63) is 10.0 Å². The highest BCUT2D eigenvalue weighted by Gasteiger charge is 2.23. The Morgan fingerprint density at radius 2 is 2.16 bits per heavy atom. The molecule has 0 amide bonds. The van der Waals surface area contributed by atoms with Gasteiger partial charge in [-0.3, -0.25) is 0 Å². The molecule has 6 heteroatoms. The lowest BCUT2D eigenvalue weighted by Gasteiger charge is -2.22. The number of esters is 1. The fraction of sp³-hybridized carbons (Fsp3) is 0.692. The van der Waals surface area contributed by atoms with E-state index in [1.54, 1.807) is 0 Å². The number of rotatable bonds is 3. The third kappa shape index (κ3) is 3.60. The molecule has 2 atom stereocenters. The van der Waals surface area contributed by atoms with Gasteiger partial charge in [-0.05, 0) is 18.8 Å². The minimum Gasteiger partial charge on any atom is -0.465 e. The van der Waals surface area contributed by atoms with Crippen molar-refractivity contribution in [2.24, 2.45) is 5.92 Å². The van der Waals surface area contributed by atoms with Gasteiger partial charge in [-0.25, -0.2) is 9.78 Å². The summed E-state index contributed by atoms with van der Waals surface area (Å²) in [4.78, 5) is 16.1. The van der Waals surface area contributed by atoms with Gasteiger partial charge in [0.1, 0.15) is 0 Å². The highest BCUT2D eigenvalue weighted by Crippen LogP contribution is 2.31. The zero-order valence-electron chi connectivity index (χ0n) is 11.2. The first-order chi connectivity index (χ1) is 9.11. The van der Waals surface area contributed by atoms with E-state index in [1.165, 1.54) is 44.1 Å². The van der Waals surface area contributed by atoms with Crippen LogP contribution in [0, 0.1) is 5.92 Å². The van der Waals surface area contributed by atoms with Crippen LogP contribution in [0.3, 0.4) is 0 Å². The molecule has 1 aliphatic carbocycles. The lowest BCUT2D eigenvalue weighted by Crippen LogP contribution is -2.26. The first-order valence-corrected chi connectivity index (χ1v) is 7.82. The third-order valence-corrected chi connectivity index (χ3v) is 4.98. The third-order valence-electron chi connectivity index (χ3n) is 3.63. The quantitative estimate of drug-likeness (QED) is 0.678. The first kappa shape index (κ1) is 14.6. The number of hydrogen-bond acceptors (Lipinski definition) is 5. The molecular weight excluding hydrogens is 284 g/mol. The fourth-order valence-corrected chi connectivity index (χ4v) is 3.61. The van der Waals surface area contributed by atoms with Gasteiger partial charge in [-0.2, -0.15) is 0 Å². The number of ether oxygens (including phenoxy) is 1. The first-order valence-electron chi connectivity index (χ1n) is 6.63. The van der Waals surface area contributed by atoms with Crippen LogP contribution in [0.25, 0.3) is 0 Å². The molecule has 106 valence electrons. The number of halogens is 1. The predicted molar refractivity (Wildman–Crippen MR) is 78.1 cm³/mol. The second-order valence-electron chi connectivity index (χ2n) is 5.00. The molecule has 1 fully saturated rings. The van der Waals surface area contributed by atoms with Gasteiger partial charge in [0.15, 0.2) is 15.2 Å². The number of nitrogens with one attached hydrogen (secondary N) is 1.